The van der Waals surface area contributed by atoms with Gasteiger partial charge in [0, 0.05) is 28.4 Å². The fourth-order valence-electron chi connectivity index (χ4n) is 2.73. The van der Waals surface area contributed by atoms with Gasteiger partial charge in [-0.15, -0.1) is 0 Å². The highest BCUT2D eigenvalue weighted by Crippen LogP contribution is 2.21. The van der Waals surface area contributed by atoms with E-state index in [1.807, 2.05) is 56.3 Å². The van der Waals surface area contributed by atoms with Gasteiger partial charge in [0.05, 0.1) is 0 Å². The molecule has 0 atom stereocenters. The molecule has 3 aromatic rings. The van der Waals surface area contributed by atoms with E-state index in [4.69, 9.17) is 0 Å². The molecule has 1 heterocycles. The number of amides is 1. The molecule has 116 valence electrons. The summed E-state index contributed by atoms with van der Waals surface area (Å²) in [5, 5.41) is 3.81. The van der Waals surface area contributed by atoms with Crippen molar-refractivity contribution in [2.45, 2.75) is 20.4 Å². The average molecular weight is 306 g/mol. The monoisotopic (exact) mass is 306 g/mol. The Bertz CT molecular complexity index is 894. The fraction of sp³-hybridized carbons (Fsp3) is 0.158. The molecule has 0 aliphatic carbocycles. The quantitative estimate of drug-likeness (QED) is 0.747. The average Bonchev–Trinajstić information content (AvgIpc) is 2.90. The van der Waals surface area contributed by atoms with Gasteiger partial charge in [0.25, 0.3) is 0 Å². The van der Waals surface area contributed by atoms with E-state index in [9.17, 15) is 9.59 Å². The van der Waals surface area contributed by atoms with Crippen molar-refractivity contribution in [2.75, 3.05) is 5.32 Å². The number of aromatic nitrogens is 1. The van der Waals surface area contributed by atoms with E-state index in [1.54, 1.807) is 10.8 Å². The summed E-state index contributed by atoms with van der Waals surface area (Å²) in [6.45, 7) is 4.17. The molecular formula is C19H18N2O2. The van der Waals surface area contributed by atoms with Crippen LogP contribution in [0, 0.1) is 13.8 Å². The molecule has 23 heavy (non-hydrogen) atoms. The van der Waals surface area contributed by atoms with Crippen LogP contribution in [0.1, 0.15) is 21.5 Å². The maximum absolute atomic E-state index is 12.4. The third-order valence-corrected chi connectivity index (χ3v) is 4.14. The Labute approximate surface area is 134 Å². The van der Waals surface area contributed by atoms with Crippen LogP contribution in [0.2, 0.25) is 0 Å². The molecule has 0 unspecified atom stereocenters. The van der Waals surface area contributed by atoms with Gasteiger partial charge in [-0.25, -0.2) is 0 Å². The van der Waals surface area contributed by atoms with Crippen LogP contribution in [-0.4, -0.2) is 16.8 Å². The topological polar surface area (TPSA) is 51.1 Å². The molecule has 0 saturated carbocycles. The molecule has 4 heteroatoms. The number of rotatable bonds is 4. The van der Waals surface area contributed by atoms with Gasteiger partial charge in [-0.1, -0.05) is 30.3 Å². The van der Waals surface area contributed by atoms with E-state index in [-0.39, 0.29) is 12.5 Å². The lowest BCUT2D eigenvalue weighted by Gasteiger charge is -2.11. The number of hydrogen-bond acceptors (Lipinski definition) is 2. The minimum absolute atomic E-state index is 0.114. The lowest BCUT2D eigenvalue weighted by Crippen LogP contribution is -2.19. The van der Waals surface area contributed by atoms with Crippen LogP contribution in [0.3, 0.4) is 0 Å². The predicted octanol–water partition coefficient (Wildman–Crippen LogP) is 3.71. The number of aryl methyl sites for hydroxylation is 1. The number of nitrogens with one attached hydrogen (secondary N) is 1. The number of nitrogens with zero attached hydrogens (tertiary/aromatic N) is 1. The Morgan fingerprint density at radius 3 is 2.70 bits per heavy atom. The van der Waals surface area contributed by atoms with E-state index in [2.05, 4.69) is 5.32 Å². The molecule has 2 aromatic carbocycles. The van der Waals surface area contributed by atoms with Crippen molar-refractivity contribution >= 4 is 28.8 Å². The van der Waals surface area contributed by atoms with E-state index in [0.29, 0.717) is 5.56 Å². The summed E-state index contributed by atoms with van der Waals surface area (Å²) in [7, 11) is 0. The van der Waals surface area contributed by atoms with Gasteiger partial charge < -0.3 is 9.88 Å². The highest BCUT2D eigenvalue weighted by Gasteiger charge is 2.11. The second-order valence-corrected chi connectivity index (χ2v) is 5.64. The van der Waals surface area contributed by atoms with Crippen molar-refractivity contribution in [3.05, 3.63) is 65.4 Å². The number of carbonyl (C=O) groups excluding carboxylic acids is 2. The van der Waals surface area contributed by atoms with Gasteiger partial charge >= 0.3 is 0 Å². The Balaban J connectivity index is 1.86. The minimum atomic E-state index is -0.114. The van der Waals surface area contributed by atoms with E-state index in [1.165, 1.54) is 0 Å². The SMILES string of the molecule is Cc1cccc(NC(=O)Cn2cc(C=O)c3ccccc32)c1C. The number of benzene rings is 2. The number of fused-ring (bicyclic) bond motifs is 1. The zero-order chi connectivity index (χ0) is 16.4. The summed E-state index contributed by atoms with van der Waals surface area (Å²) in [5.41, 5.74) is 4.50. The van der Waals surface area contributed by atoms with E-state index in [0.717, 1.165) is 34.0 Å². The maximum atomic E-state index is 12.4. The molecule has 1 amide bonds. The first-order chi connectivity index (χ1) is 11.1. The first-order valence-electron chi connectivity index (χ1n) is 7.49. The Morgan fingerprint density at radius 2 is 1.91 bits per heavy atom. The molecular weight excluding hydrogens is 288 g/mol. The predicted molar refractivity (Wildman–Crippen MR) is 91.9 cm³/mol. The van der Waals surface area contributed by atoms with Gasteiger partial charge in [-0.3, -0.25) is 9.59 Å². The summed E-state index contributed by atoms with van der Waals surface area (Å²) in [6.07, 6.45) is 2.54. The van der Waals surface area contributed by atoms with Crippen molar-refractivity contribution in [2.24, 2.45) is 0 Å². The fourth-order valence-corrected chi connectivity index (χ4v) is 2.73. The third kappa shape index (κ3) is 2.88. The highest BCUT2D eigenvalue weighted by molar-refractivity contribution is 5.99. The number of anilines is 1. The van der Waals surface area contributed by atoms with Gasteiger partial charge in [0.15, 0.2) is 6.29 Å². The van der Waals surface area contributed by atoms with Crippen molar-refractivity contribution in [3.8, 4) is 0 Å². The molecule has 1 aromatic heterocycles. The molecule has 0 radical (unpaired) electrons. The summed E-state index contributed by atoms with van der Waals surface area (Å²) in [5.74, 6) is -0.114. The molecule has 0 bridgehead atoms. The zero-order valence-electron chi connectivity index (χ0n) is 13.2. The van der Waals surface area contributed by atoms with Gasteiger partial charge in [-0.2, -0.15) is 0 Å². The molecule has 0 fully saturated rings. The van der Waals surface area contributed by atoms with Crippen molar-refractivity contribution in [1.29, 1.82) is 0 Å². The van der Waals surface area contributed by atoms with Gasteiger partial charge in [0.2, 0.25) is 5.91 Å². The maximum Gasteiger partial charge on any atom is 0.244 e. The third-order valence-electron chi connectivity index (χ3n) is 4.14. The Kier molecular flexibility index (Phi) is 3.98. The number of carbonyl (C=O) groups is 2. The zero-order valence-corrected chi connectivity index (χ0v) is 13.2. The normalized spacial score (nSPS) is 10.7. The Morgan fingerprint density at radius 1 is 1.13 bits per heavy atom. The van der Waals surface area contributed by atoms with Crippen LogP contribution in [0.5, 0.6) is 0 Å². The van der Waals surface area contributed by atoms with Gasteiger partial charge in [0.1, 0.15) is 6.54 Å². The molecule has 0 saturated heterocycles. The first-order valence-corrected chi connectivity index (χ1v) is 7.49. The van der Waals surface area contributed by atoms with Crippen LogP contribution in [-0.2, 0) is 11.3 Å². The van der Waals surface area contributed by atoms with Crippen molar-refractivity contribution in [3.63, 3.8) is 0 Å². The van der Waals surface area contributed by atoms with Gasteiger partial charge in [-0.05, 0) is 37.1 Å². The standard InChI is InChI=1S/C19H18N2O2/c1-13-6-5-8-17(14(13)2)20-19(23)11-21-10-15(12-22)16-7-3-4-9-18(16)21/h3-10,12H,11H2,1-2H3,(H,20,23). The summed E-state index contributed by atoms with van der Waals surface area (Å²) in [4.78, 5) is 23.5. The second kappa shape index (κ2) is 6.08. The highest BCUT2D eigenvalue weighted by atomic mass is 16.2. The molecule has 0 aliphatic rings. The van der Waals surface area contributed by atoms with Crippen LogP contribution in [0.25, 0.3) is 10.9 Å². The number of aldehydes is 1. The smallest absolute Gasteiger partial charge is 0.244 e. The largest absolute Gasteiger partial charge is 0.337 e. The lowest BCUT2D eigenvalue weighted by molar-refractivity contribution is -0.116. The molecule has 4 nitrogen and oxygen atoms in total. The minimum Gasteiger partial charge on any atom is -0.337 e. The van der Waals surface area contributed by atoms with Crippen LogP contribution in [0.4, 0.5) is 5.69 Å². The molecule has 0 spiro atoms. The molecule has 1 N–H and O–H groups in total. The van der Waals surface area contributed by atoms with Crippen molar-refractivity contribution < 1.29 is 9.59 Å². The number of hydrogen-bond donors (Lipinski definition) is 1. The van der Waals surface area contributed by atoms with E-state index >= 15 is 0 Å². The van der Waals surface area contributed by atoms with Crippen molar-refractivity contribution in [1.82, 2.24) is 4.57 Å². The first kappa shape index (κ1) is 15.0. The van der Waals surface area contributed by atoms with E-state index < -0.39 is 0 Å². The summed E-state index contributed by atoms with van der Waals surface area (Å²) in [6, 6.07) is 13.4. The van der Waals surface area contributed by atoms with Crippen LogP contribution >= 0.6 is 0 Å². The summed E-state index contributed by atoms with van der Waals surface area (Å²) >= 11 is 0. The van der Waals surface area contributed by atoms with Crippen LogP contribution < -0.4 is 5.32 Å². The molecule has 0 aliphatic heterocycles. The lowest BCUT2D eigenvalue weighted by atomic mass is 10.1. The second-order valence-electron chi connectivity index (χ2n) is 5.64. The Hall–Kier alpha value is -2.88. The summed E-state index contributed by atoms with van der Waals surface area (Å²) < 4.78 is 1.81. The number of para-hydroxylation sites is 1. The molecule has 3 rings (SSSR count). The van der Waals surface area contributed by atoms with Crippen LogP contribution in [0.15, 0.2) is 48.7 Å².